The lowest BCUT2D eigenvalue weighted by molar-refractivity contribution is -0.139. The molecule has 1 fully saturated rings. The fraction of sp³-hybridized carbons (Fsp3) is 0.350. The molecule has 2 aromatic rings. The number of carbonyl (C=O) groups is 1. The molecule has 1 aliphatic heterocycles. The van der Waals surface area contributed by atoms with Gasteiger partial charge in [-0.1, -0.05) is 41.4 Å². The Balaban J connectivity index is 1.53. The van der Waals surface area contributed by atoms with Gasteiger partial charge in [0.25, 0.3) is 5.91 Å². The summed E-state index contributed by atoms with van der Waals surface area (Å²) in [6.45, 7) is 2.58. The Labute approximate surface area is 180 Å². The first-order chi connectivity index (χ1) is 13.8. The number of halogens is 2. The van der Waals surface area contributed by atoms with E-state index in [0.29, 0.717) is 41.7 Å². The van der Waals surface area contributed by atoms with E-state index in [1.54, 1.807) is 60.4 Å². The van der Waals surface area contributed by atoms with E-state index >= 15 is 0 Å². The number of carbonyl (C=O) groups excluding carboxylic acids is 1. The van der Waals surface area contributed by atoms with Crippen molar-refractivity contribution in [3.8, 4) is 5.75 Å². The lowest BCUT2D eigenvalue weighted by atomic mass is 10.1. The quantitative estimate of drug-likeness (QED) is 0.718. The molecule has 0 aliphatic carbocycles. The van der Waals surface area contributed by atoms with E-state index in [-0.39, 0.29) is 16.8 Å². The minimum Gasteiger partial charge on any atom is -0.481 e. The molecule has 9 heteroatoms. The molecule has 2 aromatic carbocycles. The zero-order valence-electron chi connectivity index (χ0n) is 15.8. The number of sulfonamides is 1. The molecule has 1 atom stereocenters. The summed E-state index contributed by atoms with van der Waals surface area (Å²) in [4.78, 5) is 14.6. The van der Waals surface area contributed by atoms with Crippen LogP contribution in [0.1, 0.15) is 19.8 Å². The normalized spacial score (nSPS) is 16.4. The minimum absolute atomic E-state index is 0.152. The Hall–Kier alpha value is -1.80. The average Bonchev–Trinajstić information content (AvgIpc) is 2.71. The van der Waals surface area contributed by atoms with Gasteiger partial charge in [-0.3, -0.25) is 4.79 Å². The predicted octanol–water partition coefficient (Wildman–Crippen LogP) is 3.73. The van der Waals surface area contributed by atoms with Crippen molar-refractivity contribution < 1.29 is 17.9 Å². The lowest BCUT2D eigenvalue weighted by Crippen LogP contribution is -2.49. The predicted molar refractivity (Wildman–Crippen MR) is 113 cm³/mol. The molecule has 1 amide bonds. The number of hydrogen-bond acceptors (Lipinski definition) is 4. The fourth-order valence-electron chi connectivity index (χ4n) is 3.17. The monoisotopic (exact) mass is 456 g/mol. The van der Waals surface area contributed by atoms with Gasteiger partial charge in [0.05, 0.1) is 14.9 Å². The SMILES string of the molecule is CC(Oc1ccc(Cl)c(Cl)c1)C(=O)N1CCC(NS(=O)(=O)c2ccccc2)CC1. The number of hydrogen-bond donors (Lipinski definition) is 1. The first kappa shape index (κ1) is 21.9. The Morgan fingerprint density at radius 2 is 1.76 bits per heavy atom. The van der Waals surface area contributed by atoms with Crippen molar-refractivity contribution in [1.29, 1.82) is 0 Å². The number of rotatable bonds is 6. The van der Waals surface area contributed by atoms with Crippen LogP contribution in [0.25, 0.3) is 0 Å². The highest BCUT2D eigenvalue weighted by molar-refractivity contribution is 7.89. The number of benzene rings is 2. The molecule has 1 N–H and O–H groups in total. The van der Waals surface area contributed by atoms with Gasteiger partial charge in [0, 0.05) is 25.2 Å². The van der Waals surface area contributed by atoms with E-state index in [4.69, 9.17) is 27.9 Å². The second kappa shape index (κ2) is 9.34. The summed E-state index contributed by atoms with van der Waals surface area (Å²) in [5.74, 6) is 0.311. The van der Waals surface area contributed by atoms with Gasteiger partial charge in [0.2, 0.25) is 10.0 Å². The molecule has 156 valence electrons. The summed E-state index contributed by atoms with van der Waals surface area (Å²) in [5, 5.41) is 0.772. The molecule has 1 unspecified atom stereocenters. The van der Waals surface area contributed by atoms with Gasteiger partial charge < -0.3 is 9.64 Å². The van der Waals surface area contributed by atoms with Gasteiger partial charge in [-0.15, -0.1) is 0 Å². The van der Waals surface area contributed by atoms with Crippen LogP contribution in [0, 0.1) is 0 Å². The first-order valence-corrected chi connectivity index (χ1v) is 11.5. The van der Waals surface area contributed by atoms with Crippen molar-refractivity contribution in [1.82, 2.24) is 9.62 Å². The van der Waals surface area contributed by atoms with Crippen molar-refractivity contribution in [3.63, 3.8) is 0 Å². The van der Waals surface area contributed by atoms with E-state index in [9.17, 15) is 13.2 Å². The van der Waals surface area contributed by atoms with Crippen LogP contribution in [-0.4, -0.2) is 44.5 Å². The van der Waals surface area contributed by atoms with Crippen molar-refractivity contribution in [2.45, 2.75) is 36.8 Å². The molecule has 3 rings (SSSR count). The van der Waals surface area contributed by atoms with E-state index < -0.39 is 16.1 Å². The van der Waals surface area contributed by atoms with Crippen LogP contribution in [0.4, 0.5) is 0 Å². The second-order valence-electron chi connectivity index (χ2n) is 6.87. The van der Waals surface area contributed by atoms with Crippen molar-refractivity contribution in [2.24, 2.45) is 0 Å². The maximum absolute atomic E-state index is 12.7. The Morgan fingerprint density at radius 1 is 1.10 bits per heavy atom. The van der Waals surface area contributed by atoms with Crippen LogP contribution in [0.5, 0.6) is 5.75 Å². The van der Waals surface area contributed by atoms with Gasteiger partial charge in [-0.25, -0.2) is 13.1 Å². The van der Waals surface area contributed by atoms with Crippen LogP contribution >= 0.6 is 23.2 Å². The Kier molecular flexibility index (Phi) is 7.05. The highest BCUT2D eigenvalue weighted by Gasteiger charge is 2.29. The van der Waals surface area contributed by atoms with E-state index in [2.05, 4.69) is 4.72 Å². The fourth-order valence-corrected chi connectivity index (χ4v) is 4.78. The zero-order chi connectivity index (χ0) is 21.0. The first-order valence-electron chi connectivity index (χ1n) is 9.24. The summed E-state index contributed by atoms with van der Waals surface area (Å²) < 4.78 is 33.3. The summed E-state index contributed by atoms with van der Waals surface area (Å²) in [7, 11) is -3.56. The van der Waals surface area contributed by atoms with Crippen LogP contribution < -0.4 is 9.46 Å². The molecule has 29 heavy (non-hydrogen) atoms. The summed E-state index contributed by atoms with van der Waals surface area (Å²) in [6.07, 6.45) is 0.388. The summed E-state index contributed by atoms with van der Waals surface area (Å²) in [6, 6.07) is 12.9. The molecule has 1 saturated heterocycles. The molecule has 0 aromatic heterocycles. The summed E-state index contributed by atoms with van der Waals surface area (Å²) in [5.41, 5.74) is 0. The average molecular weight is 457 g/mol. The number of nitrogens with one attached hydrogen (secondary N) is 1. The number of likely N-dealkylation sites (tertiary alicyclic amines) is 1. The van der Waals surface area contributed by atoms with Crippen LogP contribution in [0.2, 0.25) is 10.0 Å². The van der Waals surface area contributed by atoms with Gasteiger partial charge >= 0.3 is 0 Å². The van der Waals surface area contributed by atoms with Crippen molar-refractivity contribution in [3.05, 3.63) is 58.6 Å². The molecule has 0 radical (unpaired) electrons. The highest BCUT2D eigenvalue weighted by atomic mass is 35.5. The topological polar surface area (TPSA) is 75.7 Å². The van der Waals surface area contributed by atoms with Gasteiger partial charge in [-0.2, -0.15) is 0 Å². The molecular formula is C20H22Cl2N2O4S. The van der Waals surface area contributed by atoms with E-state index in [1.165, 1.54) is 0 Å². The number of piperidine rings is 1. The van der Waals surface area contributed by atoms with E-state index in [0.717, 1.165) is 0 Å². The molecule has 0 bridgehead atoms. The largest absolute Gasteiger partial charge is 0.481 e. The van der Waals surface area contributed by atoms with Crippen LogP contribution in [0.3, 0.4) is 0 Å². The molecule has 1 heterocycles. The number of nitrogens with zero attached hydrogens (tertiary/aromatic N) is 1. The van der Waals surface area contributed by atoms with Crippen molar-refractivity contribution in [2.75, 3.05) is 13.1 Å². The third kappa shape index (κ3) is 5.63. The zero-order valence-corrected chi connectivity index (χ0v) is 18.2. The standard InChI is InChI=1S/C20H22Cl2N2O4S/c1-14(28-16-7-8-18(21)19(22)13-16)20(25)24-11-9-15(10-12-24)23-29(26,27)17-5-3-2-4-6-17/h2-8,13-15,23H,9-12H2,1H3. The third-order valence-corrected chi connectivity index (χ3v) is 7.01. The molecular weight excluding hydrogens is 435 g/mol. The lowest BCUT2D eigenvalue weighted by Gasteiger charge is -2.33. The maximum atomic E-state index is 12.7. The molecule has 0 saturated carbocycles. The van der Waals surface area contributed by atoms with E-state index in [1.807, 2.05) is 0 Å². The molecule has 0 spiro atoms. The molecule has 6 nitrogen and oxygen atoms in total. The van der Waals surface area contributed by atoms with Gasteiger partial charge in [0.15, 0.2) is 6.10 Å². The maximum Gasteiger partial charge on any atom is 0.263 e. The number of amides is 1. The Bertz CT molecular complexity index is 962. The smallest absolute Gasteiger partial charge is 0.263 e. The van der Waals surface area contributed by atoms with Crippen LogP contribution in [0.15, 0.2) is 53.4 Å². The highest BCUT2D eigenvalue weighted by Crippen LogP contribution is 2.27. The third-order valence-electron chi connectivity index (χ3n) is 4.73. The minimum atomic E-state index is -3.56. The Morgan fingerprint density at radius 3 is 2.38 bits per heavy atom. The summed E-state index contributed by atoms with van der Waals surface area (Å²) >= 11 is 11.9. The van der Waals surface area contributed by atoms with Gasteiger partial charge in [0.1, 0.15) is 5.75 Å². The second-order valence-corrected chi connectivity index (χ2v) is 9.40. The van der Waals surface area contributed by atoms with Gasteiger partial charge in [-0.05, 0) is 44.0 Å². The molecule has 1 aliphatic rings. The van der Waals surface area contributed by atoms with Crippen LogP contribution in [-0.2, 0) is 14.8 Å². The number of ether oxygens (including phenoxy) is 1. The van der Waals surface area contributed by atoms with Crippen molar-refractivity contribution >= 4 is 39.1 Å².